The first-order valence-electron chi connectivity index (χ1n) is 9.77. The second-order valence-electron chi connectivity index (χ2n) is 7.45. The molecule has 0 atom stereocenters. The van der Waals surface area contributed by atoms with Crippen molar-refractivity contribution in [3.8, 4) is 0 Å². The van der Waals surface area contributed by atoms with Gasteiger partial charge in [0.25, 0.3) is 5.91 Å². The molecule has 1 fully saturated rings. The number of carbonyl (C=O) groups excluding carboxylic acids is 2. The molecule has 1 amide bonds. The van der Waals surface area contributed by atoms with Gasteiger partial charge in [0.1, 0.15) is 0 Å². The lowest BCUT2D eigenvalue weighted by Gasteiger charge is -2.34. The van der Waals surface area contributed by atoms with Crippen molar-refractivity contribution in [2.45, 2.75) is 18.7 Å². The molecule has 3 aromatic rings. The largest absolute Gasteiger partial charge is 0.358 e. The van der Waals surface area contributed by atoms with Crippen LogP contribution < -0.4 is 0 Å². The number of Topliss-reactive ketones (excluding diaryl/α,β-unsaturated/α-hetero) is 1. The Hall–Kier alpha value is -2.97. The summed E-state index contributed by atoms with van der Waals surface area (Å²) in [5.41, 5.74) is 2.71. The number of hydrogen-bond donors (Lipinski definition) is 1. The second kappa shape index (κ2) is 7.70. The van der Waals surface area contributed by atoms with Crippen LogP contribution in [0.25, 0.3) is 10.9 Å². The zero-order valence-corrected chi connectivity index (χ0v) is 17.7. The highest BCUT2D eigenvalue weighted by atomic mass is 32.2. The van der Waals surface area contributed by atoms with Gasteiger partial charge < -0.3 is 9.88 Å². The topological polar surface area (TPSA) is 90.6 Å². The van der Waals surface area contributed by atoms with Crippen molar-refractivity contribution >= 4 is 32.6 Å². The molecule has 4 rings (SSSR count). The maximum absolute atomic E-state index is 13.1. The van der Waals surface area contributed by atoms with E-state index >= 15 is 0 Å². The molecule has 2 heterocycles. The second-order valence-corrected chi connectivity index (χ2v) is 9.39. The number of sulfonamides is 1. The Balaban J connectivity index is 1.52. The molecule has 1 aromatic heterocycles. The molecule has 1 N–H and O–H groups in total. The third kappa shape index (κ3) is 3.53. The van der Waals surface area contributed by atoms with Crippen LogP contribution in [0.15, 0.2) is 53.4 Å². The Morgan fingerprint density at radius 2 is 1.67 bits per heavy atom. The SMILES string of the molecule is CC(=O)c1cccc(S(=O)(=O)N2CCN(C(=O)c3c(C)[nH]c4ccccc34)CC2)c1. The van der Waals surface area contributed by atoms with E-state index in [-0.39, 0.29) is 29.7 Å². The quantitative estimate of drug-likeness (QED) is 0.651. The van der Waals surface area contributed by atoms with E-state index in [1.807, 2.05) is 31.2 Å². The van der Waals surface area contributed by atoms with Crippen molar-refractivity contribution in [2.24, 2.45) is 0 Å². The fourth-order valence-corrected chi connectivity index (χ4v) is 5.34. The summed E-state index contributed by atoms with van der Waals surface area (Å²) in [6.07, 6.45) is 0. The van der Waals surface area contributed by atoms with Gasteiger partial charge in [-0.2, -0.15) is 4.31 Å². The lowest BCUT2D eigenvalue weighted by Crippen LogP contribution is -2.50. The summed E-state index contributed by atoms with van der Waals surface area (Å²) in [5, 5.41) is 0.871. The lowest BCUT2D eigenvalue weighted by atomic mass is 10.1. The van der Waals surface area contributed by atoms with E-state index in [0.29, 0.717) is 24.2 Å². The number of carbonyl (C=O) groups is 2. The summed E-state index contributed by atoms with van der Waals surface area (Å²) in [5.74, 6) is -0.280. The molecule has 8 heteroatoms. The highest BCUT2D eigenvalue weighted by Crippen LogP contribution is 2.25. The first kappa shape index (κ1) is 20.3. The van der Waals surface area contributed by atoms with Gasteiger partial charge in [0, 0.05) is 48.3 Å². The average molecular weight is 426 g/mol. The molecular formula is C22H23N3O4S. The van der Waals surface area contributed by atoms with Crippen LogP contribution in [0.4, 0.5) is 0 Å². The number of aromatic nitrogens is 1. The van der Waals surface area contributed by atoms with E-state index < -0.39 is 10.0 Å². The third-order valence-corrected chi connectivity index (χ3v) is 7.41. The van der Waals surface area contributed by atoms with Gasteiger partial charge in [0.15, 0.2) is 5.78 Å². The maximum atomic E-state index is 13.1. The minimum absolute atomic E-state index is 0.0967. The fourth-order valence-electron chi connectivity index (χ4n) is 3.87. The number of benzene rings is 2. The van der Waals surface area contributed by atoms with E-state index in [0.717, 1.165) is 16.6 Å². The number of aromatic amines is 1. The van der Waals surface area contributed by atoms with Crippen molar-refractivity contribution in [3.63, 3.8) is 0 Å². The predicted octanol–water partition coefficient (Wildman–Crippen LogP) is 2.83. The number of nitrogens with one attached hydrogen (secondary N) is 1. The molecule has 30 heavy (non-hydrogen) atoms. The molecule has 0 saturated carbocycles. The molecule has 2 aromatic carbocycles. The van der Waals surface area contributed by atoms with Crippen molar-refractivity contribution in [3.05, 3.63) is 65.4 Å². The van der Waals surface area contributed by atoms with Crippen molar-refractivity contribution < 1.29 is 18.0 Å². The minimum Gasteiger partial charge on any atom is -0.358 e. The van der Waals surface area contributed by atoms with E-state index in [4.69, 9.17) is 0 Å². The number of nitrogens with zero attached hydrogens (tertiary/aromatic N) is 2. The predicted molar refractivity (Wildman–Crippen MR) is 114 cm³/mol. The van der Waals surface area contributed by atoms with Gasteiger partial charge in [-0.25, -0.2) is 8.42 Å². The van der Waals surface area contributed by atoms with Crippen LogP contribution in [-0.2, 0) is 10.0 Å². The van der Waals surface area contributed by atoms with Gasteiger partial charge in [-0.3, -0.25) is 9.59 Å². The van der Waals surface area contributed by atoms with Crippen molar-refractivity contribution in [1.82, 2.24) is 14.2 Å². The number of amides is 1. The van der Waals surface area contributed by atoms with Crippen LogP contribution in [0.5, 0.6) is 0 Å². The maximum Gasteiger partial charge on any atom is 0.256 e. The van der Waals surface area contributed by atoms with E-state index in [1.165, 1.54) is 23.4 Å². The number of rotatable bonds is 4. The normalized spacial score (nSPS) is 15.5. The summed E-state index contributed by atoms with van der Waals surface area (Å²) in [7, 11) is -3.73. The van der Waals surface area contributed by atoms with E-state index in [1.54, 1.807) is 17.0 Å². The van der Waals surface area contributed by atoms with Crippen molar-refractivity contribution in [2.75, 3.05) is 26.2 Å². The summed E-state index contributed by atoms with van der Waals surface area (Å²) < 4.78 is 27.4. The van der Waals surface area contributed by atoms with Crippen LogP contribution in [0.1, 0.15) is 33.3 Å². The zero-order chi connectivity index (χ0) is 21.5. The summed E-state index contributed by atoms with van der Waals surface area (Å²) in [4.78, 5) is 29.8. The number of aryl methyl sites for hydroxylation is 1. The first-order valence-corrected chi connectivity index (χ1v) is 11.2. The number of para-hydroxylation sites is 1. The standard InChI is InChI=1S/C22H23N3O4S/c1-15-21(19-8-3-4-9-20(19)23-15)22(27)24-10-12-25(13-11-24)30(28,29)18-7-5-6-17(14-18)16(2)26/h3-9,14,23H,10-13H2,1-2H3. The number of fused-ring (bicyclic) bond motifs is 1. The number of hydrogen-bond acceptors (Lipinski definition) is 4. The molecule has 156 valence electrons. The van der Waals surface area contributed by atoms with Crippen molar-refractivity contribution in [1.29, 1.82) is 0 Å². The summed E-state index contributed by atoms with van der Waals surface area (Å²) in [6, 6.07) is 13.7. The van der Waals surface area contributed by atoms with Crippen LogP contribution >= 0.6 is 0 Å². The van der Waals surface area contributed by atoms with Gasteiger partial charge in [-0.1, -0.05) is 30.3 Å². The molecule has 0 bridgehead atoms. The van der Waals surface area contributed by atoms with Gasteiger partial charge in [0.05, 0.1) is 10.5 Å². The molecule has 0 unspecified atom stereocenters. The average Bonchev–Trinajstić information content (AvgIpc) is 3.09. The van der Waals surface area contributed by atoms with Gasteiger partial charge >= 0.3 is 0 Å². The lowest BCUT2D eigenvalue weighted by molar-refractivity contribution is 0.0699. The van der Waals surface area contributed by atoms with Gasteiger partial charge in [-0.15, -0.1) is 0 Å². The molecule has 1 aliphatic heterocycles. The minimum atomic E-state index is -3.73. The molecule has 0 spiro atoms. The number of piperazine rings is 1. The molecule has 0 aliphatic carbocycles. The smallest absolute Gasteiger partial charge is 0.256 e. The molecule has 0 radical (unpaired) electrons. The monoisotopic (exact) mass is 425 g/mol. The van der Waals surface area contributed by atoms with E-state index in [9.17, 15) is 18.0 Å². The Bertz CT molecular complexity index is 1240. The zero-order valence-electron chi connectivity index (χ0n) is 16.9. The van der Waals surface area contributed by atoms with E-state index in [2.05, 4.69) is 4.98 Å². The van der Waals surface area contributed by atoms with Crippen LogP contribution in [0.2, 0.25) is 0 Å². The van der Waals surface area contributed by atoms with Gasteiger partial charge in [-0.05, 0) is 32.0 Å². The van der Waals surface area contributed by atoms with Gasteiger partial charge in [0.2, 0.25) is 10.0 Å². The Morgan fingerprint density at radius 1 is 0.967 bits per heavy atom. The van der Waals surface area contributed by atoms with Crippen LogP contribution in [-0.4, -0.2) is 60.5 Å². The van der Waals surface area contributed by atoms with Crippen LogP contribution in [0, 0.1) is 6.92 Å². The first-order chi connectivity index (χ1) is 14.3. The summed E-state index contributed by atoms with van der Waals surface area (Å²) >= 11 is 0. The Labute approximate surface area is 175 Å². The Kier molecular flexibility index (Phi) is 5.21. The molecule has 7 nitrogen and oxygen atoms in total. The highest BCUT2D eigenvalue weighted by Gasteiger charge is 2.31. The number of ketones is 1. The third-order valence-electron chi connectivity index (χ3n) is 5.51. The highest BCUT2D eigenvalue weighted by molar-refractivity contribution is 7.89. The van der Waals surface area contributed by atoms with Crippen LogP contribution in [0.3, 0.4) is 0 Å². The summed E-state index contributed by atoms with van der Waals surface area (Å²) in [6.45, 7) is 4.31. The molecular weight excluding hydrogens is 402 g/mol. The number of H-pyrrole nitrogens is 1. The fraction of sp³-hybridized carbons (Fsp3) is 0.273. The Morgan fingerprint density at radius 3 is 2.37 bits per heavy atom. The molecule has 1 aliphatic rings. The molecule has 1 saturated heterocycles.